The number of rotatable bonds is 3. The summed E-state index contributed by atoms with van der Waals surface area (Å²) < 4.78 is 5.64. The van der Waals surface area contributed by atoms with E-state index < -0.39 is 5.97 Å². The molecule has 0 bridgehead atoms. The minimum atomic E-state index is -0.530. The summed E-state index contributed by atoms with van der Waals surface area (Å²) in [7, 11) is 0. The number of carbonyl (C=O) groups is 1. The van der Waals surface area contributed by atoms with Crippen molar-refractivity contribution in [2.75, 3.05) is 6.61 Å². The molecule has 80 valence electrons. The van der Waals surface area contributed by atoms with Gasteiger partial charge < -0.3 is 9.84 Å². The van der Waals surface area contributed by atoms with Crippen LogP contribution in [-0.4, -0.2) is 17.7 Å². The molecule has 1 N–H and O–H groups in total. The number of ether oxygens (including phenoxy) is 1. The fourth-order valence-corrected chi connectivity index (χ4v) is 1.51. The van der Waals surface area contributed by atoms with Crippen molar-refractivity contribution in [2.45, 2.75) is 6.92 Å². The van der Waals surface area contributed by atoms with Crippen LogP contribution in [0.2, 0.25) is 0 Å². The average Bonchev–Trinajstić information content (AvgIpc) is 2.19. The zero-order valence-electron chi connectivity index (χ0n) is 8.24. The maximum Gasteiger partial charge on any atom is 0.341 e. The average molecular weight is 271 g/mol. The Morgan fingerprint density at radius 1 is 1.60 bits per heavy atom. The van der Waals surface area contributed by atoms with Crippen LogP contribution in [0.3, 0.4) is 0 Å². The molecule has 1 aromatic rings. The second-order valence-corrected chi connectivity index (χ2v) is 3.69. The van der Waals surface area contributed by atoms with Crippen LogP contribution in [0.25, 0.3) is 5.57 Å². The van der Waals surface area contributed by atoms with Gasteiger partial charge in [-0.05, 0) is 24.6 Å². The van der Waals surface area contributed by atoms with Crippen LogP contribution < -0.4 is 0 Å². The smallest absolute Gasteiger partial charge is 0.341 e. The van der Waals surface area contributed by atoms with Gasteiger partial charge in [-0.2, -0.15) is 0 Å². The number of carbonyl (C=O) groups excluding carboxylic acids is 1. The highest BCUT2D eigenvalue weighted by molar-refractivity contribution is 9.10. The highest BCUT2D eigenvalue weighted by Crippen LogP contribution is 2.19. The molecule has 0 saturated heterocycles. The monoisotopic (exact) mass is 270 g/mol. The van der Waals surface area contributed by atoms with E-state index in [9.17, 15) is 4.79 Å². The fraction of sp³-hybridized carbons (Fsp3) is 0.182. The van der Waals surface area contributed by atoms with Crippen LogP contribution in [0, 0.1) is 0 Å². The summed E-state index contributed by atoms with van der Waals surface area (Å²) in [5.41, 5.74) is 0.767. The topological polar surface area (TPSA) is 46.5 Å². The number of benzene rings is 1. The predicted molar refractivity (Wildman–Crippen MR) is 61.4 cm³/mol. The first-order valence-corrected chi connectivity index (χ1v) is 5.25. The van der Waals surface area contributed by atoms with Gasteiger partial charge in [-0.1, -0.05) is 28.1 Å². The van der Waals surface area contributed by atoms with Crippen molar-refractivity contribution in [1.82, 2.24) is 0 Å². The van der Waals surface area contributed by atoms with E-state index in [1.54, 1.807) is 25.1 Å². The summed E-state index contributed by atoms with van der Waals surface area (Å²) in [6.45, 7) is 2.00. The Kier molecular flexibility index (Phi) is 4.37. The van der Waals surface area contributed by atoms with Gasteiger partial charge in [-0.3, -0.25) is 0 Å². The van der Waals surface area contributed by atoms with Gasteiger partial charge in [0.25, 0.3) is 0 Å². The SMILES string of the molecule is CCOC(=O)/C(=C\O)c1cccc(Br)c1. The summed E-state index contributed by atoms with van der Waals surface area (Å²) in [5, 5.41) is 8.99. The van der Waals surface area contributed by atoms with E-state index >= 15 is 0 Å². The van der Waals surface area contributed by atoms with E-state index in [-0.39, 0.29) is 12.2 Å². The van der Waals surface area contributed by atoms with Gasteiger partial charge in [0, 0.05) is 4.47 Å². The van der Waals surface area contributed by atoms with Gasteiger partial charge >= 0.3 is 5.97 Å². The molecule has 3 nitrogen and oxygen atoms in total. The van der Waals surface area contributed by atoms with Crippen molar-refractivity contribution in [3.8, 4) is 0 Å². The largest absolute Gasteiger partial charge is 0.515 e. The minimum Gasteiger partial charge on any atom is -0.515 e. The molecule has 0 aliphatic heterocycles. The Balaban J connectivity index is 2.99. The van der Waals surface area contributed by atoms with E-state index in [1.165, 1.54) is 0 Å². The van der Waals surface area contributed by atoms with Crippen LogP contribution in [0.15, 0.2) is 35.0 Å². The Bertz CT molecular complexity index is 385. The van der Waals surface area contributed by atoms with Crippen LogP contribution in [0.4, 0.5) is 0 Å². The zero-order valence-corrected chi connectivity index (χ0v) is 9.82. The quantitative estimate of drug-likeness (QED) is 0.522. The molecule has 0 saturated carbocycles. The molecule has 0 fully saturated rings. The highest BCUT2D eigenvalue weighted by Gasteiger charge is 2.13. The first kappa shape index (κ1) is 11.8. The number of esters is 1. The van der Waals surface area contributed by atoms with Gasteiger partial charge in [-0.25, -0.2) is 4.79 Å². The number of aliphatic hydroxyl groups is 1. The van der Waals surface area contributed by atoms with Crippen LogP contribution in [0.5, 0.6) is 0 Å². The fourth-order valence-electron chi connectivity index (χ4n) is 1.11. The molecule has 0 heterocycles. The summed E-state index contributed by atoms with van der Waals surface area (Å²) in [6.07, 6.45) is 0.764. The molecule has 0 aliphatic carbocycles. The van der Waals surface area contributed by atoms with E-state index in [4.69, 9.17) is 9.84 Å². The van der Waals surface area contributed by atoms with Gasteiger partial charge in [0.1, 0.15) is 5.57 Å². The number of aliphatic hydroxyl groups excluding tert-OH is 1. The molecule has 0 atom stereocenters. The standard InChI is InChI=1S/C11H11BrO3/c1-2-15-11(14)10(7-13)8-4-3-5-9(12)6-8/h3-7,13H,2H2,1H3/b10-7-. The van der Waals surface area contributed by atoms with Crippen molar-refractivity contribution in [3.05, 3.63) is 40.6 Å². The van der Waals surface area contributed by atoms with E-state index in [1.807, 2.05) is 6.07 Å². The summed E-state index contributed by atoms with van der Waals surface area (Å²) >= 11 is 3.29. The third-order valence-electron chi connectivity index (χ3n) is 1.76. The van der Waals surface area contributed by atoms with E-state index in [0.717, 1.165) is 10.7 Å². The van der Waals surface area contributed by atoms with E-state index in [0.29, 0.717) is 5.56 Å². The Morgan fingerprint density at radius 3 is 2.87 bits per heavy atom. The van der Waals surface area contributed by atoms with Gasteiger partial charge in [0.2, 0.25) is 0 Å². The predicted octanol–water partition coefficient (Wildman–Crippen LogP) is 2.91. The molecule has 4 heteroatoms. The van der Waals surface area contributed by atoms with Crippen LogP contribution >= 0.6 is 15.9 Å². The molecular formula is C11H11BrO3. The summed E-state index contributed by atoms with van der Waals surface area (Å²) in [6, 6.07) is 7.08. The number of hydrogen-bond acceptors (Lipinski definition) is 3. The Hall–Kier alpha value is -1.29. The van der Waals surface area contributed by atoms with Gasteiger partial charge in [-0.15, -0.1) is 0 Å². The lowest BCUT2D eigenvalue weighted by Crippen LogP contribution is -2.06. The van der Waals surface area contributed by atoms with Crippen LogP contribution in [0.1, 0.15) is 12.5 Å². The highest BCUT2D eigenvalue weighted by atomic mass is 79.9. The maximum absolute atomic E-state index is 11.4. The lowest BCUT2D eigenvalue weighted by molar-refractivity contribution is -0.136. The van der Waals surface area contributed by atoms with Gasteiger partial charge in [0.05, 0.1) is 12.9 Å². The molecule has 0 aromatic heterocycles. The molecule has 0 spiro atoms. The van der Waals surface area contributed by atoms with Crippen molar-refractivity contribution in [3.63, 3.8) is 0 Å². The number of halogens is 1. The summed E-state index contributed by atoms with van der Waals surface area (Å²) in [4.78, 5) is 11.4. The number of hydrogen-bond donors (Lipinski definition) is 1. The third-order valence-corrected chi connectivity index (χ3v) is 2.25. The van der Waals surface area contributed by atoms with Crippen molar-refractivity contribution in [1.29, 1.82) is 0 Å². The molecule has 0 unspecified atom stereocenters. The lowest BCUT2D eigenvalue weighted by atomic mass is 10.1. The van der Waals surface area contributed by atoms with Crippen molar-refractivity contribution in [2.24, 2.45) is 0 Å². The molecule has 0 radical (unpaired) electrons. The maximum atomic E-state index is 11.4. The third kappa shape index (κ3) is 3.09. The first-order chi connectivity index (χ1) is 7.19. The van der Waals surface area contributed by atoms with E-state index in [2.05, 4.69) is 15.9 Å². The first-order valence-electron chi connectivity index (χ1n) is 4.46. The molecular weight excluding hydrogens is 260 g/mol. The Morgan fingerprint density at radius 2 is 2.33 bits per heavy atom. The Labute approximate surface area is 96.5 Å². The van der Waals surface area contributed by atoms with Crippen molar-refractivity contribution < 1.29 is 14.6 Å². The minimum absolute atomic E-state index is 0.151. The molecule has 0 aliphatic rings. The lowest BCUT2D eigenvalue weighted by Gasteiger charge is -2.05. The molecule has 0 amide bonds. The second-order valence-electron chi connectivity index (χ2n) is 2.77. The van der Waals surface area contributed by atoms with Gasteiger partial charge in [0.15, 0.2) is 0 Å². The van der Waals surface area contributed by atoms with Crippen LogP contribution in [-0.2, 0) is 9.53 Å². The normalized spacial score (nSPS) is 11.2. The molecule has 1 rings (SSSR count). The molecule has 1 aromatic carbocycles. The second kappa shape index (κ2) is 5.56. The van der Waals surface area contributed by atoms with Crippen molar-refractivity contribution >= 4 is 27.5 Å². The zero-order chi connectivity index (χ0) is 11.3. The summed E-state index contributed by atoms with van der Waals surface area (Å²) in [5.74, 6) is -0.530. The molecule has 15 heavy (non-hydrogen) atoms.